The third-order valence-electron chi connectivity index (χ3n) is 2.99. The zero-order chi connectivity index (χ0) is 14.2. The van der Waals surface area contributed by atoms with Crippen LogP contribution in [0.3, 0.4) is 0 Å². The topological polar surface area (TPSA) is 0 Å². The molecule has 0 fully saturated rings. The Morgan fingerprint density at radius 3 is 1.84 bits per heavy atom. The summed E-state index contributed by atoms with van der Waals surface area (Å²) in [5, 5.41) is 0.660. The van der Waals surface area contributed by atoms with Crippen molar-refractivity contribution < 1.29 is 4.39 Å². The molecule has 0 saturated heterocycles. The highest BCUT2D eigenvalue weighted by molar-refractivity contribution is 6.35. The summed E-state index contributed by atoms with van der Waals surface area (Å²) in [7, 11) is 0. The summed E-state index contributed by atoms with van der Waals surface area (Å²) < 4.78 is 13.3. The molecule has 0 nitrogen and oxygen atoms in total. The van der Waals surface area contributed by atoms with Gasteiger partial charge in [-0.05, 0) is 66.4 Å². The summed E-state index contributed by atoms with van der Waals surface area (Å²) >= 11 is 18.5. The van der Waals surface area contributed by atoms with E-state index in [4.69, 9.17) is 34.8 Å². The first-order valence-electron chi connectivity index (χ1n) is 5.75. The summed E-state index contributed by atoms with van der Waals surface area (Å²) in [6.45, 7) is 3.68. The Labute approximate surface area is 127 Å². The predicted molar refractivity (Wildman–Crippen MR) is 80.0 cm³/mol. The lowest BCUT2D eigenvalue weighted by Gasteiger charge is -2.17. The molecule has 0 N–H and O–H groups in total. The van der Waals surface area contributed by atoms with Crippen LogP contribution in [0.25, 0.3) is 0 Å². The van der Waals surface area contributed by atoms with Gasteiger partial charge in [0.2, 0.25) is 0 Å². The van der Waals surface area contributed by atoms with Gasteiger partial charge < -0.3 is 0 Å². The van der Waals surface area contributed by atoms with Crippen LogP contribution in [0, 0.1) is 19.7 Å². The first-order chi connectivity index (χ1) is 8.88. The molecule has 100 valence electrons. The van der Waals surface area contributed by atoms with E-state index in [1.807, 2.05) is 13.8 Å². The van der Waals surface area contributed by atoms with Crippen LogP contribution in [0.1, 0.15) is 27.6 Å². The van der Waals surface area contributed by atoms with Gasteiger partial charge in [0, 0.05) is 10.0 Å². The van der Waals surface area contributed by atoms with Gasteiger partial charge in [-0.1, -0.05) is 23.2 Å². The molecule has 0 radical (unpaired) electrons. The van der Waals surface area contributed by atoms with Crippen molar-refractivity contribution in [1.82, 2.24) is 0 Å². The van der Waals surface area contributed by atoms with E-state index >= 15 is 0 Å². The lowest BCUT2D eigenvalue weighted by atomic mass is 9.95. The second-order valence-electron chi connectivity index (χ2n) is 4.52. The van der Waals surface area contributed by atoms with Gasteiger partial charge in [-0.25, -0.2) is 4.39 Å². The van der Waals surface area contributed by atoms with Crippen molar-refractivity contribution in [3.63, 3.8) is 0 Å². The quantitative estimate of drug-likeness (QED) is 0.589. The minimum Gasteiger partial charge on any atom is -0.207 e. The first kappa shape index (κ1) is 14.6. The minimum atomic E-state index is -0.406. The molecule has 0 amide bonds. The number of rotatable bonds is 2. The fourth-order valence-corrected chi connectivity index (χ4v) is 3.22. The average molecular weight is 318 g/mol. The summed E-state index contributed by atoms with van der Waals surface area (Å²) in [6, 6.07) is 8.15. The van der Waals surface area contributed by atoms with E-state index in [1.165, 1.54) is 12.1 Å². The van der Waals surface area contributed by atoms with Crippen LogP contribution in [0.15, 0.2) is 30.3 Å². The van der Waals surface area contributed by atoms with Crippen molar-refractivity contribution >= 4 is 34.8 Å². The Morgan fingerprint density at radius 1 is 0.895 bits per heavy atom. The summed E-state index contributed by atoms with van der Waals surface area (Å²) in [4.78, 5) is 0. The van der Waals surface area contributed by atoms with Crippen molar-refractivity contribution in [2.45, 2.75) is 19.2 Å². The molecule has 0 aliphatic rings. The van der Waals surface area contributed by atoms with Crippen LogP contribution in [-0.4, -0.2) is 0 Å². The second kappa shape index (κ2) is 5.70. The van der Waals surface area contributed by atoms with E-state index in [1.54, 1.807) is 18.2 Å². The standard InChI is InChI=1S/C15H12Cl3F/c1-8-3-13(19)4-9(2)14(8)15(18)10-5-11(16)7-12(17)6-10/h3-7,15H,1-2H3. The van der Waals surface area contributed by atoms with Gasteiger partial charge in [0.05, 0.1) is 5.38 Å². The number of hydrogen-bond acceptors (Lipinski definition) is 0. The SMILES string of the molecule is Cc1cc(F)cc(C)c1C(Cl)c1cc(Cl)cc(Cl)c1. The minimum absolute atomic E-state index is 0.258. The van der Waals surface area contributed by atoms with Gasteiger partial charge in [0.25, 0.3) is 0 Å². The van der Waals surface area contributed by atoms with Gasteiger partial charge in [0.1, 0.15) is 5.82 Å². The van der Waals surface area contributed by atoms with Crippen molar-refractivity contribution in [3.05, 3.63) is 68.4 Å². The smallest absolute Gasteiger partial charge is 0.123 e. The molecule has 2 rings (SSSR count). The number of hydrogen-bond donors (Lipinski definition) is 0. The van der Waals surface area contributed by atoms with Crippen molar-refractivity contribution in [3.8, 4) is 0 Å². The molecule has 1 atom stereocenters. The van der Waals surface area contributed by atoms with Gasteiger partial charge in [0.15, 0.2) is 0 Å². The van der Waals surface area contributed by atoms with Crippen molar-refractivity contribution in [1.29, 1.82) is 0 Å². The predicted octanol–water partition coefficient (Wildman–Crippen LogP) is 6.08. The Balaban J connectivity index is 2.52. The number of alkyl halides is 1. The van der Waals surface area contributed by atoms with E-state index in [-0.39, 0.29) is 5.82 Å². The number of halogens is 4. The van der Waals surface area contributed by atoms with E-state index in [9.17, 15) is 4.39 Å². The van der Waals surface area contributed by atoms with E-state index in [2.05, 4.69) is 0 Å². The molecule has 2 aromatic carbocycles. The van der Waals surface area contributed by atoms with E-state index in [0.29, 0.717) is 10.0 Å². The van der Waals surface area contributed by atoms with E-state index < -0.39 is 5.38 Å². The molecule has 0 spiro atoms. The van der Waals surface area contributed by atoms with Crippen molar-refractivity contribution in [2.75, 3.05) is 0 Å². The largest absolute Gasteiger partial charge is 0.207 e. The van der Waals surface area contributed by atoms with Crippen molar-refractivity contribution in [2.24, 2.45) is 0 Å². The van der Waals surface area contributed by atoms with Crippen LogP contribution in [0.2, 0.25) is 10.0 Å². The molecular weight excluding hydrogens is 306 g/mol. The fraction of sp³-hybridized carbons (Fsp3) is 0.200. The highest BCUT2D eigenvalue weighted by atomic mass is 35.5. The molecule has 19 heavy (non-hydrogen) atoms. The Morgan fingerprint density at radius 2 is 1.37 bits per heavy atom. The van der Waals surface area contributed by atoms with Crippen LogP contribution < -0.4 is 0 Å². The average Bonchev–Trinajstić information content (AvgIpc) is 2.25. The molecule has 0 aromatic heterocycles. The zero-order valence-electron chi connectivity index (χ0n) is 10.5. The zero-order valence-corrected chi connectivity index (χ0v) is 12.7. The maximum absolute atomic E-state index is 13.3. The highest BCUT2D eigenvalue weighted by Gasteiger charge is 2.17. The Hall–Kier alpha value is -0.760. The normalized spacial score (nSPS) is 12.5. The highest BCUT2D eigenvalue weighted by Crippen LogP contribution is 2.36. The molecule has 0 saturated carbocycles. The fourth-order valence-electron chi connectivity index (χ4n) is 2.21. The Kier molecular flexibility index (Phi) is 4.39. The third-order valence-corrected chi connectivity index (χ3v) is 3.90. The van der Waals surface area contributed by atoms with Gasteiger partial charge in [-0.15, -0.1) is 11.6 Å². The molecule has 0 bridgehead atoms. The molecule has 2 aromatic rings. The van der Waals surface area contributed by atoms with Crippen LogP contribution >= 0.6 is 34.8 Å². The summed E-state index contributed by atoms with van der Waals surface area (Å²) in [5.74, 6) is -0.258. The number of aryl methyl sites for hydroxylation is 2. The second-order valence-corrected chi connectivity index (χ2v) is 5.83. The molecule has 4 heteroatoms. The maximum atomic E-state index is 13.3. The third kappa shape index (κ3) is 3.22. The number of benzene rings is 2. The summed E-state index contributed by atoms with van der Waals surface area (Å²) in [5.41, 5.74) is 3.32. The molecular formula is C15H12Cl3F. The maximum Gasteiger partial charge on any atom is 0.123 e. The van der Waals surface area contributed by atoms with Gasteiger partial charge in [-0.2, -0.15) is 0 Å². The lowest BCUT2D eigenvalue weighted by molar-refractivity contribution is 0.624. The van der Waals surface area contributed by atoms with Gasteiger partial charge in [-0.3, -0.25) is 0 Å². The van der Waals surface area contributed by atoms with Crippen LogP contribution in [0.4, 0.5) is 4.39 Å². The monoisotopic (exact) mass is 316 g/mol. The molecule has 0 aliphatic heterocycles. The van der Waals surface area contributed by atoms with Gasteiger partial charge >= 0.3 is 0 Å². The van der Waals surface area contributed by atoms with Crippen LogP contribution in [0.5, 0.6) is 0 Å². The van der Waals surface area contributed by atoms with Crippen LogP contribution in [-0.2, 0) is 0 Å². The van der Waals surface area contributed by atoms with E-state index in [0.717, 1.165) is 22.3 Å². The molecule has 1 unspecified atom stereocenters. The first-order valence-corrected chi connectivity index (χ1v) is 6.94. The summed E-state index contributed by atoms with van der Waals surface area (Å²) in [6.07, 6.45) is 0. The molecule has 0 aliphatic carbocycles. The Bertz CT molecular complexity index is 580. The lowest BCUT2D eigenvalue weighted by Crippen LogP contribution is -2.01. The molecule has 0 heterocycles.